The molecule has 2 aromatic rings. The molecule has 126 valence electrons. The number of rotatable bonds is 4. The molecule has 5 N–H and O–H groups in total. The maximum Gasteiger partial charge on any atom is 0.387 e. The van der Waals surface area contributed by atoms with E-state index in [9.17, 15) is 10.2 Å². The average Bonchev–Trinajstić information content (AvgIpc) is 3.17. The van der Waals surface area contributed by atoms with Crippen LogP contribution in [-0.4, -0.2) is 54.2 Å². The molecule has 4 rings (SSSR count). The van der Waals surface area contributed by atoms with Gasteiger partial charge in [-0.3, -0.25) is 14.1 Å². The number of nitrogens with one attached hydrogen (secondary N) is 1. The van der Waals surface area contributed by atoms with Crippen LogP contribution in [-0.2, 0) is 4.74 Å². The summed E-state index contributed by atoms with van der Waals surface area (Å²) in [5, 5.41) is 22.8. The van der Waals surface area contributed by atoms with Crippen LogP contribution in [0.15, 0.2) is 6.33 Å². The Morgan fingerprint density at radius 2 is 2.29 bits per heavy atom. The second-order valence-electron chi connectivity index (χ2n) is 6.11. The standard InChI is InChI=1S/C14H17N7O3/c1-16-14(5-22)8(23)4-9(24-14)21-6-17-10-11(18-7-2-3-7)19-13(15)20-12(10)21/h6-9,22-23H,2-5H2,(H3,15,18,19,20)/t8-,9+,14+/m0/s1. The lowest BCUT2D eigenvalue weighted by Crippen LogP contribution is -2.39. The summed E-state index contributed by atoms with van der Waals surface area (Å²) in [4.78, 5) is 16.0. The fraction of sp³-hybridized carbons (Fsp3) is 0.571. The zero-order valence-corrected chi connectivity index (χ0v) is 12.8. The lowest BCUT2D eigenvalue weighted by molar-refractivity contribution is -0.0972. The van der Waals surface area contributed by atoms with Crippen LogP contribution in [0.1, 0.15) is 25.5 Å². The van der Waals surface area contributed by atoms with Gasteiger partial charge in [-0.2, -0.15) is 9.97 Å². The van der Waals surface area contributed by atoms with E-state index in [0.717, 1.165) is 12.8 Å². The summed E-state index contributed by atoms with van der Waals surface area (Å²) in [6, 6.07) is 0.376. The van der Waals surface area contributed by atoms with Gasteiger partial charge < -0.3 is 21.3 Å². The molecule has 1 aliphatic carbocycles. The van der Waals surface area contributed by atoms with E-state index < -0.39 is 24.7 Å². The Morgan fingerprint density at radius 1 is 1.50 bits per heavy atom. The number of ether oxygens (including phenoxy) is 1. The highest BCUT2D eigenvalue weighted by Crippen LogP contribution is 2.39. The maximum atomic E-state index is 10.1. The monoisotopic (exact) mass is 331 g/mol. The van der Waals surface area contributed by atoms with Crippen LogP contribution >= 0.6 is 0 Å². The summed E-state index contributed by atoms with van der Waals surface area (Å²) in [5.41, 5.74) is 5.15. The number of hydrogen-bond donors (Lipinski definition) is 4. The smallest absolute Gasteiger partial charge is 0.385 e. The van der Waals surface area contributed by atoms with Gasteiger partial charge in [-0.15, -0.1) is 0 Å². The number of aliphatic hydroxyl groups excluding tert-OH is 2. The molecule has 3 heterocycles. The Morgan fingerprint density at radius 3 is 2.92 bits per heavy atom. The normalized spacial score (nSPS) is 29.7. The first-order valence-electron chi connectivity index (χ1n) is 7.68. The summed E-state index contributed by atoms with van der Waals surface area (Å²) in [6.07, 6.45) is 2.04. The third-order valence-corrected chi connectivity index (χ3v) is 4.37. The average molecular weight is 331 g/mol. The number of anilines is 2. The van der Waals surface area contributed by atoms with Crippen molar-refractivity contribution in [2.24, 2.45) is 0 Å². The molecule has 1 aliphatic heterocycles. The molecular formula is C14H17N7O3. The van der Waals surface area contributed by atoms with Crippen molar-refractivity contribution in [2.45, 2.75) is 43.4 Å². The maximum absolute atomic E-state index is 10.1. The first kappa shape index (κ1) is 15.1. The van der Waals surface area contributed by atoms with Crippen molar-refractivity contribution in [3.8, 4) is 0 Å². The molecule has 10 nitrogen and oxygen atoms in total. The minimum atomic E-state index is -1.66. The molecule has 0 bridgehead atoms. The zero-order chi connectivity index (χ0) is 16.9. The number of nitrogens with zero attached hydrogens (tertiary/aromatic N) is 5. The van der Waals surface area contributed by atoms with Gasteiger partial charge in [0, 0.05) is 12.5 Å². The zero-order valence-electron chi connectivity index (χ0n) is 12.8. The number of hydrogen-bond acceptors (Lipinski definition) is 8. The minimum Gasteiger partial charge on any atom is -0.385 e. The number of nitrogens with two attached hydrogens (primary N) is 1. The molecular weight excluding hydrogens is 314 g/mol. The van der Waals surface area contributed by atoms with E-state index in [1.54, 1.807) is 4.57 Å². The quantitative estimate of drug-likeness (QED) is 0.569. The largest absolute Gasteiger partial charge is 0.387 e. The molecule has 2 fully saturated rings. The molecule has 0 aromatic carbocycles. The van der Waals surface area contributed by atoms with Crippen LogP contribution in [0.4, 0.5) is 11.8 Å². The molecule has 10 heteroatoms. The highest BCUT2D eigenvalue weighted by atomic mass is 16.6. The Labute approximate surface area is 137 Å². The lowest BCUT2D eigenvalue weighted by Gasteiger charge is -2.17. The van der Waals surface area contributed by atoms with E-state index in [4.69, 9.17) is 17.0 Å². The van der Waals surface area contributed by atoms with Crippen LogP contribution in [0.25, 0.3) is 16.0 Å². The van der Waals surface area contributed by atoms with Crippen LogP contribution in [0.5, 0.6) is 0 Å². The Balaban J connectivity index is 1.73. The van der Waals surface area contributed by atoms with Crippen molar-refractivity contribution in [1.82, 2.24) is 19.5 Å². The second kappa shape index (κ2) is 5.27. The summed E-state index contributed by atoms with van der Waals surface area (Å²) in [7, 11) is 0. The van der Waals surface area contributed by atoms with Gasteiger partial charge in [0.15, 0.2) is 29.7 Å². The van der Waals surface area contributed by atoms with Crippen molar-refractivity contribution in [3.05, 3.63) is 17.7 Å². The highest BCUT2D eigenvalue weighted by molar-refractivity contribution is 5.84. The van der Waals surface area contributed by atoms with Crippen molar-refractivity contribution < 1.29 is 14.9 Å². The van der Waals surface area contributed by atoms with Gasteiger partial charge in [-0.1, -0.05) is 0 Å². The van der Waals surface area contributed by atoms with Crippen LogP contribution in [0, 0.1) is 6.57 Å². The Hall–Kier alpha value is -2.48. The van der Waals surface area contributed by atoms with E-state index in [0.29, 0.717) is 23.0 Å². The molecule has 2 aromatic heterocycles. The van der Waals surface area contributed by atoms with E-state index in [-0.39, 0.29) is 12.4 Å². The van der Waals surface area contributed by atoms with Crippen LogP contribution in [0.3, 0.4) is 0 Å². The third-order valence-electron chi connectivity index (χ3n) is 4.37. The fourth-order valence-electron chi connectivity index (χ4n) is 2.85. The molecule has 0 amide bonds. The van der Waals surface area contributed by atoms with Crippen molar-refractivity contribution in [3.63, 3.8) is 0 Å². The van der Waals surface area contributed by atoms with Crippen molar-refractivity contribution in [1.29, 1.82) is 0 Å². The lowest BCUT2D eigenvalue weighted by atomic mass is 10.1. The molecule has 0 radical (unpaired) electrons. The SMILES string of the molecule is [C-]#[N+][C@]1(CO)O[C@@H](n2cnc3c(NC4CC4)nc(N)nc32)C[C@@H]1O. The van der Waals surface area contributed by atoms with Gasteiger partial charge in [-0.05, 0) is 12.8 Å². The van der Waals surface area contributed by atoms with Gasteiger partial charge in [0.25, 0.3) is 0 Å². The molecule has 2 aliphatic rings. The topological polar surface area (TPSA) is 136 Å². The summed E-state index contributed by atoms with van der Waals surface area (Å²) in [5.74, 6) is 0.667. The van der Waals surface area contributed by atoms with E-state index in [1.807, 2.05) is 0 Å². The molecule has 0 spiro atoms. The number of aromatic nitrogens is 4. The fourth-order valence-corrected chi connectivity index (χ4v) is 2.85. The predicted octanol–water partition coefficient (Wildman–Crippen LogP) is -0.130. The molecule has 24 heavy (non-hydrogen) atoms. The molecule has 3 atom stereocenters. The van der Waals surface area contributed by atoms with Gasteiger partial charge in [0.1, 0.15) is 6.23 Å². The highest BCUT2D eigenvalue weighted by Gasteiger charge is 2.55. The molecule has 1 saturated carbocycles. The van der Waals surface area contributed by atoms with Crippen LogP contribution < -0.4 is 11.1 Å². The molecule has 1 saturated heterocycles. The number of imidazole rings is 1. The number of nitrogen functional groups attached to an aromatic ring is 1. The van der Waals surface area contributed by atoms with Gasteiger partial charge in [0.2, 0.25) is 5.95 Å². The van der Waals surface area contributed by atoms with Gasteiger partial charge in [-0.25, -0.2) is 11.6 Å². The number of aliphatic hydroxyl groups is 2. The van der Waals surface area contributed by atoms with Gasteiger partial charge in [0.05, 0.1) is 6.33 Å². The Kier molecular flexibility index (Phi) is 3.31. The third kappa shape index (κ3) is 2.25. The Bertz CT molecular complexity index is 828. The van der Waals surface area contributed by atoms with Crippen molar-refractivity contribution in [2.75, 3.05) is 17.7 Å². The summed E-state index contributed by atoms with van der Waals surface area (Å²) >= 11 is 0. The van der Waals surface area contributed by atoms with Gasteiger partial charge >= 0.3 is 5.72 Å². The minimum absolute atomic E-state index is 0.101. The summed E-state index contributed by atoms with van der Waals surface area (Å²) in [6.45, 7) is 6.62. The predicted molar refractivity (Wildman–Crippen MR) is 83.5 cm³/mol. The van der Waals surface area contributed by atoms with E-state index in [1.165, 1.54) is 6.33 Å². The summed E-state index contributed by atoms with van der Waals surface area (Å²) < 4.78 is 7.24. The van der Waals surface area contributed by atoms with Crippen LogP contribution in [0.2, 0.25) is 0 Å². The molecule has 0 unspecified atom stereocenters. The van der Waals surface area contributed by atoms with E-state index >= 15 is 0 Å². The first-order valence-corrected chi connectivity index (χ1v) is 7.68. The van der Waals surface area contributed by atoms with E-state index in [2.05, 4.69) is 25.1 Å². The second-order valence-corrected chi connectivity index (χ2v) is 6.11. The first-order chi connectivity index (χ1) is 11.6. The number of fused-ring (bicyclic) bond motifs is 1. The van der Waals surface area contributed by atoms with Crippen molar-refractivity contribution >= 4 is 22.9 Å².